The summed E-state index contributed by atoms with van der Waals surface area (Å²) in [5, 5.41) is 8.62. The summed E-state index contributed by atoms with van der Waals surface area (Å²) in [5.74, 6) is -2.15. The van der Waals surface area contributed by atoms with Crippen molar-refractivity contribution in [2.24, 2.45) is 0 Å². The lowest BCUT2D eigenvalue weighted by Gasteiger charge is -2.17. The molecule has 72 valence electrons. The summed E-state index contributed by atoms with van der Waals surface area (Å²) in [6.45, 7) is 0.331. The molecular formula is C9H9F3O. The molecule has 0 fully saturated rings. The SMILES string of the molecule is CC(F)(CO)c1ccc(F)c(F)c1. The van der Waals surface area contributed by atoms with Crippen LogP contribution in [0, 0.1) is 11.6 Å². The summed E-state index contributed by atoms with van der Waals surface area (Å²) in [4.78, 5) is 0. The van der Waals surface area contributed by atoms with Gasteiger partial charge >= 0.3 is 0 Å². The zero-order valence-corrected chi connectivity index (χ0v) is 7.02. The molecule has 1 atom stereocenters. The van der Waals surface area contributed by atoms with Crippen molar-refractivity contribution in [3.05, 3.63) is 35.4 Å². The minimum absolute atomic E-state index is 0.0751. The maximum Gasteiger partial charge on any atom is 0.159 e. The van der Waals surface area contributed by atoms with Crippen molar-refractivity contribution in [2.45, 2.75) is 12.6 Å². The quantitative estimate of drug-likeness (QED) is 0.757. The number of hydrogen-bond donors (Lipinski definition) is 1. The van der Waals surface area contributed by atoms with Crippen LogP contribution in [0.2, 0.25) is 0 Å². The van der Waals surface area contributed by atoms with E-state index in [1.165, 1.54) is 0 Å². The molecule has 0 bridgehead atoms. The van der Waals surface area contributed by atoms with Crippen LogP contribution in [0.25, 0.3) is 0 Å². The number of aliphatic hydroxyl groups excluding tert-OH is 1. The van der Waals surface area contributed by atoms with Crippen LogP contribution in [0.1, 0.15) is 12.5 Å². The number of aliphatic hydroxyl groups is 1. The molecular weight excluding hydrogens is 181 g/mol. The van der Waals surface area contributed by atoms with Gasteiger partial charge in [0.2, 0.25) is 0 Å². The van der Waals surface area contributed by atoms with Crippen LogP contribution >= 0.6 is 0 Å². The van der Waals surface area contributed by atoms with Crippen molar-refractivity contribution in [1.82, 2.24) is 0 Å². The third-order valence-electron chi connectivity index (χ3n) is 1.82. The van der Waals surface area contributed by atoms with Gasteiger partial charge in [0.25, 0.3) is 0 Å². The Morgan fingerprint density at radius 1 is 1.31 bits per heavy atom. The van der Waals surface area contributed by atoms with Gasteiger partial charge in [-0.2, -0.15) is 0 Å². The van der Waals surface area contributed by atoms with Gasteiger partial charge in [-0.05, 0) is 24.6 Å². The van der Waals surface area contributed by atoms with Crippen molar-refractivity contribution in [3.63, 3.8) is 0 Å². The highest BCUT2D eigenvalue weighted by Crippen LogP contribution is 2.25. The molecule has 1 N–H and O–H groups in total. The minimum atomic E-state index is -2.03. The Morgan fingerprint density at radius 3 is 2.38 bits per heavy atom. The fraction of sp³-hybridized carbons (Fsp3) is 0.333. The molecule has 1 aromatic rings. The largest absolute Gasteiger partial charge is 0.393 e. The Hall–Kier alpha value is -1.03. The van der Waals surface area contributed by atoms with Crippen LogP contribution in [0.4, 0.5) is 13.2 Å². The van der Waals surface area contributed by atoms with Gasteiger partial charge < -0.3 is 5.11 Å². The predicted octanol–water partition coefficient (Wildman–Crippen LogP) is 2.14. The van der Waals surface area contributed by atoms with E-state index in [-0.39, 0.29) is 5.56 Å². The van der Waals surface area contributed by atoms with Crippen molar-refractivity contribution in [1.29, 1.82) is 0 Å². The number of hydrogen-bond acceptors (Lipinski definition) is 1. The zero-order valence-electron chi connectivity index (χ0n) is 7.02. The molecule has 0 aliphatic carbocycles. The van der Waals surface area contributed by atoms with Crippen molar-refractivity contribution in [3.8, 4) is 0 Å². The Morgan fingerprint density at radius 2 is 1.92 bits per heavy atom. The first kappa shape index (κ1) is 10.1. The van der Waals surface area contributed by atoms with Crippen LogP contribution < -0.4 is 0 Å². The Balaban J connectivity index is 3.10. The first-order valence-corrected chi connectivity index (χ1v) is 3.72. The summed E-state index contributed by atoms with van der Waals surface area (Å²) >= 11 is 0. The van der Waals surface area contributed by atoms with Crippen molar-refractivity contribution < 1.29 is 18.3 Å². The normalized spacial score (nSPS) is 15.5. The lowest BCUT2D eigenvalue weighted by molar-refractivity contribution is 0.0863. The topological polar surface area (TPSA) is 20.2 Å². The average molecular weight is 190 g/mol. The molecule has 0 heterocycles. The van der Waals surface area contributed by atoms with E-state index in [1.54, 1.807) is 0 Å². The van der Waals surface area contributed by atoms with Crippen LogP contribution in [0.3, 0.4) is 0 Å². The van der Waals surface area contributed by atoms with Crippen LogP contribution in [-0.2, 0) is 5.67 Å². The zero-order chi connectivity index (χ0) is 10.1. The van der Waals surface area contributed by atoms with Gasteiger partial charge in [0, 0.05) is 0 Å². The van der Waals surface area contributed by atoms with Gasteiger partial charge in [-0.15, -0.1) is 0 Å². The summed E-state index contributed by atoms with van der Waals surface area (Å²) in [6.07, 6.45) is 0. The van der Waals surface area contributed by atoms with Gasteiger partial charge in [-0.3, -0.25) is 0 Å². The van der Waals surface area contributed by atoms with E-state index in [4.69, 9.17) is 5.11 Å². The fourth-order valence-electron chi connectivity index (χ4n) is 0.912. The van der Waals surface area contributed by atoms with E-state index < -0.39 is 23.9 Å². The lowest BCUT2D eigenvalue weighted by atomic mass is 9.99. The molecule has 0 aromatic heterocycles. The minimum Gasteiger partial charge on any atom is -0.393 e. The molecule has 0 spiro atoms. The van der Waals surface area contributed by atoms with Gasteiger partial charge in [-0.25, -0.2) is 13.2 Å². The van der Waals surface area contributed by atoms with Gasteiger partial charge in [-0.1, -0.05) is 6.07 Å². The molecule has 13 heavy (non-hydrogen) atoms. The number of benzene rings is 1. The molecule has 1 unspecified atom stereocenters. The molecule has 0 amide bonds. The summed E-state index contributed by atoms with van der Waals surface area (Å²) < 4.78 is 38.4. The Kier molecular flexibility index (Phi) is 2.61. The Bertz CT molecular complexity index is 310. The highest BCUT2D eigenvalue weighted by molar-refractivity contribution is 5.23. The first-order valence-electron chi connectivity index (χ1n) is 3.72. The predicted molar refractivity (Wildman–Crippen MR) is 41.9 cm³/mol. The molecule has 0 saturated heterocycles. The molecule has 1 nitrogen and oxygen atoms in total. The standard InChI is InChI=1S/C9H9F3O/c1-9(12,5-13)6-2-3-7(10)8(11)4-6/h2-4,13H,5H2,1H3. The molecule has 0 aliphatic heterocycles. The molecule has 1 rings (SSSR count). The summed E-state index contributed by atoms with van der Waals surface area (Å²) in [6, 6.07) is 2.68. The smallest absolute Gasteiger partial charge is 0.159 e. The van der Waals surface area contributed by atoms with Gasteiger partial charge in [0.05, 0.1) is 6.61 Å². The maximum atomic E-state index is 13.3. The highest BCUT2D eigenvalue weighted by atomic mass is 19.2. The number of halogens is 3. The second-order valence-corrected chi connectivity index (χ2v) is 2.98. The third kappa shape index (κ3) is 2.01. The van der Waals surface area contributed by atoms with E-state index >= 15 is 0 Å². The summed E-state index contributed by atoms with van der Waals surface area (Å²) in [5.41, 5.74) is -2.11. The van der Waals surface area contributed by atoms with Crippen molar-refractivity contribution in [2.75, 3.05) is 6.61 Å². The van der Waals surface area contributed by atoms with E-state index in [2.05, 4.69) is 0 Å². The van der Waals surface area contributed by atoms with Crippen LogP contribution in [0.5, 0.6) is 0 Å². The summed E-state index contributed by atoms with van der Waals surface area (Å²) in [7, 11) is 0. The van der Waals surface area contributed by atoms with Gasteiger partial charge in [0.15, 0.2) is 17.3 Å². The lowest BCUT2D eigenvalue weighted by Crippen LogP contribution is -2.20. The highest BCUT2D eigenvalue weighted by Gasteiger charge is 2.25. The molecule has 1 aromatic carbocycles. The number of alkyl halides is 1. The third-order valence-corrected chi connectivity index (χ3v) is 1.82. The Labute approximate surface area is 73.8 Å². The van der Waals surface area contributed by atoms with Crippen LogP contribution in [-0.4, -0.2) is 11.7 Å². The second kappa shape index (κ2) is 3.38. The van der Waals surface area contributed by atoms with E-state index in [0.717, 1.165) is 25.1 Å². The molecule has 0 radical (unpaired) electrons. The average Bonchev–Trinajstić information content (AvgIpc) is 2.09. The molecule has 0 saturated carbocycles. The van der Waals surface area contributed by atoms with Crippen molar-refractivity contribution >= 4 is 0 Å². The van der Waals surface area contributed by atoms with E-state index in [1.807, 2.05) is 0 Å². The second-order valence-electron chi connectivity index (χ2n) is 2.98. The van der Waals surface area contributed by atoms with Crippen LogP contribution in [0.15, 0.2) is 18.2 Å². The van der Waals surface area contributed by atoms with Gasteiger partial charge in [0.1, 0.15) is 0 Å². The number of rotatable bonds is 2. The first-order chi connectivity index (χ1) is 5.97. The van der Waals surface area contributed by atoms with E-state index in [0.29, 0.717) is 0 Å². The molecule has 4 heteroatoms. The van der Waals surface area contributed by atoms with E-state index in [9.17, 15) is 13.2 Å². The monoisotopic (exact) mass is 190 g/mol. The maximum absolute atomic E-state index is 13.3. The molecule has 0 aliphatic rings. The fourth-order valence-corrected chi connectivity index (χ4v) is 0.912.